The van der Waals surface area contributed by atoms with Crippen molar-refractivity contribution in [3.05, 3.63) is 0 Å². The second-order valence-electron chi connectivity index (χ2n) is 6.16. The van der Waals surface area contributed by atoms with Crippen molar-refractivity contribution >= 4 is 12.4 Å². The second-order valence-corrected chi connectivity index (χ2v) is 6.16. The molecule has 0 amide bonds. The van der Waals surface area contributed by atoms with Crippen LogP contribution >= 0.6 is 12.4 Å². The Morgan fingerprint density at radius 1 is 1.12 bits per heavy atom. The summed E-state index contributed by atoms with van der Waals surface area (Å²) in [5, 5.41) is 3.42. The summed E-state index contributed by atoms with van der Waals surface area (Å²) in [6.07, 6.45) is 5.78. The molecule has 1 saturated carbocycles. The molecule has 0 aromatic carbocycles. The van der Waals surface area contributed by atoms with E-state index < -0.39 is 0 Å². The first-order valence-corrected chi connectivity index (χ1v) is 6.59. The molecule has 3 heteroatoms. The molecular weight excluding hydrogens is 220 g/mol. The van der Waals surface area contributed by atoms with Crippen molar-refractivity contribution in [1.29, 1.82) is 0 Å². The zero-order valence-electron chi connectivity index (χ0n) is 10.8. The summed E-state index contributed by atoms with van der Waals surface area (Å²) in [5.41, 5.74) is 0.625. The van der Waals surface area contributed by atoms with E-state index in [2.05, 4.69) is 24.1 Å². The zero-order chi connectivity index (χ0) is 10.7. The van der Waals surface area contributed by atoms with E-state index >= 15 is 0 Å². The molecule has 1 aliphatic heterocycles. The Kier molecular flexibility index (Phi) is 5.55. The van der Waals surface area contributed by atoms with Gasteiger partial charge in [-0.1, -0.05) is 13.8 Å². The van der Waals surface area contributed by atoms with Crippen LogP contribution in [0.4, 0.5) is 0 Å². The lowest BCUT2D eigenvalue weighted by Gasteiger charge is -2.37. The fourth-order valence-electron chi connectivity index (χ4n) is 2.90. The van der Waals surface area contributed by atoms with Crippen molar-refractivity contribution in [3.8, 4) is 0 Å². The Morgan fingerprint density at radius 3 is 2.25 bits per heavy atom. The van der Waals surface area contributed by atoms with Crippen LogP contribution in [-0.4, -0.2) is 37.6 Å². The van der Waals surface area contributed by atoms with Gasteiger partial charge in [0.25, 0.3) is 0 Å². The van der Waals surface area contributed by atoms with E-state index in [0.717, 1.165) is 5.92 Å². The first-order chi connectivity index (χ1) is 7.16. The van der Waals surface area contributed by atoms with Crippen LogP contribution in [-0.2, 0) is 0 Å². The maximum atomic E-state index is 3.42. The molecule has 1 N–H and O–H groups in total. The molecule has 0 atom stereocenters. The van der Waals surface area contributed by atoms with Crippen molar-refractivity contribution in [2.45, 2.75) is 39.5 Å². The highest BCUT2D eigenvalue weighted by Gasteiger charge is 2.27. The van der Waals surface area contributed by atoms with Gasteiger partial charge in [0, 0.05) is 32.7 Å². The van der Waals surface area contributed by atoms with Gasteiger partial charge in [-0.2, -0.15) is 0 Å². The van der Waals surface area contributed by atoms with Gasteiger partial charge in [-0.3, -0.25) is 0 Å². The van der Waals surface area contributed by atoms with Crippen LogP contribution < -0.4 is 5.32 Å². The van der Waals surface area contributed by atoms with Gasteiger partial charge in [-0.25, -0.2) is 0 Å². The molecule has 0 aromatic rings. The number of hydrogen-bond donors (Lipinski definition) is 1. The van der Waals surface area contributed by atoms with Crippen LogP contribution in [0, 0.1) is 11.3 Å². The number of rotatable bonds is 2. The Balaban J connectivity index is 0.00000128. The maximum absolute atomic E-state index is 3.42. The van der Waals surface area contributed by atoms with Crippen molar-refractivity contribution < 1.29 is 0 Å². The lowest BCUT2D eigenvalue weighted by Crippen LogP contribution is -2.45. The van der Waals surface area contributed by atoms with Crippen molar-refractivity contribution in [2.24, 2.45) is 11.3 Å². The van der Waals surface area contributed by atoms with E-state index in [0.29, 0.717) is 5.41 Å². The molecule has 0 aromatic heterocycles. The highest BCUT2D eigenvalue weighted by molar-refractivity contribution is 5.85. The fourth-order valence-corrected chi connectivity index (χ4v) is 2.90. The van der Waals surface area contributed by atoms with Gasteiger partial charge in [0.05, 0.1) is 0 Å². The van der Waals surface area contributed by atoms with Gasteiger partial charge >= 0.3 is 0 Å². The summed E-state index contributed by atoms with van der Waals surface area (Å²) >= 11 is 0. The standard InChI is InChI=1S/C13H26N2.ClH/c1-13(2)5-3-12(4-6-13)11-15-9-7-14-8-10-15;/h12,14H,3-11H2,1-2H3;1H. The van der Waals surface area contributed by atoms with E-state index in [1.807, 2.05) is 0 Å². The summed E-state index contributed by atoms with van der Waals surface area (Å²) in [6, 6.07) is 0. The summed E-state index contributed by atoms with van der Waals surface area (Å²) in [5.74, 6) is 0.983. The van der Waals surface area contributed by atoms with Gasteiger partial charge in [0.15, 0.2) is 0 Å². The summed E-state index contributed by atoms with van der Waals surface area (Å²) in [4.78, 5) is 2.65. The average Bonchev–Trinajstić information content (AvgIpc) is 2.23. The molecule has 0 radical (unpaired) electrons. The Morgan fingerprint density at radius 2 is 1.69 bits per heavy atom. The first-order valence-electron chi connectivity index (χ1n) is 6.59. The van der Waals surface area contributed by atoms with Gasteiger partial charge in [-0.05, 0) is 37.0 Å². The van der Waals surface area contributed by atoms with Crippen LogP contribution in [0.15, 0.2) is 0 Å². The minimum Gasteiger partial charge on any atom is -0.314 e. The largest absolute Gasteiger partial charge is 0.314 e. The number of hydrogen-bond acceptors (Lipinski definition) is 2. The van der Waals surface area contributed by atoms with Crippen LogP contribution in [0.2, 0.25) is 0 Å². The Labute approximate surface area is 107 Å². The topological polar surface area (TPSA) is 15.3 Å². The monoisotopic (exact) mass is 246 g/mol. The molecule has 0 unspecified atom stereocenters. The van der Waals surface area contributed by atoms with Crippen LogP contribution in [0.5, 0.6) is 0 Å². The van der Waals surface area contributed by atoms with Gasteiger partial charge in [0.1, 0.15) is 0 Å². The van der Waals surface area contributed by atoms with E-state index in [4.69, 9.17) is 0 Å². The molecule has 1 aliphatic carbocycles. The summed E-state index contributed by atoms with van der Waals surface area (Å²) < 4.78 is 0. The maximum Gasteiger partial charge on any atom is 0.0107 e. The second kappa shape index (κ2) is 6.23. The van der Waals surface area contributed by atoms with Crippen molar-refractivity contribution in [2.75, 3.05) is 32.7 Å². The fraction of sp³-hybridized carbons (Fsp3) is 1.00. The van der Waals surface area contributed by atoms with Gasteiger partial charge in [-0.15, -0.1) is 12.4 Å². The highest BCUT2D eigenvalue weighted by atomic mass is 35.5. The Bertz CT molecular complexity index is 190. The molecule has 1 saturated heterocycles. The van der Waals surface area contributed by atoms with E-state index in [1.165, 1.54) is 58.4 Å². The molecule has 2 rings (SSSR count). The van der Waals surface area contributed by atoms with Crippen molar-refractivity contribution in [1.82, 2.24) is 10.2 Å². The van der Waals surface area contributed by atoms with Crippen molar-refractivity contribution in [3.63, 3.8) is 0 Å². The first kappa shape index (κ1) is 14.3. The van der Waals surface area contributed by atoms with Crippen LogP contribution in [0.25, 0.3) is 0 Å². The minimum atomic E-state index is 0. The number of halogens is 1. The van der Waals surface area contributed by atoms with Crippen LogP contribution in [0.1, 0.15) is 39.5 Å². The predicted octanol–water partition coefficient (Wildman–Crippen LogP) is 2.53. The van der Waals surface area contributed by atoms with E-state index in [9.17, 15) is 0 Å². The molecule has 2 nitrogen and oxygen atoms in total. The lowest BCUT2D eigenvalue weighted by molar-refractivity contribution is 0.136. The van der Waals surface area contributed by atoms with E-state index in [-0.39, 0.29) is 12.4 Å². The molecule has 1 heterocycles. The molecule has 2 fully saturated rings. The van der Waals surface area contributed by atoms with E-state index in [1.54, 1.807) is 0 Å². The molecule has 2 aliphatic rings. The molecule has 0 spiro atoms. The summed E-state index contributed by atoms with van der Waals surface area (Å²) in [7, 11) is 0. The molecule has 96 valence electrons. The quantitative estimate of drug-likeness (QED) is 0.806. The predicted molar refractivity (Wildman–Crippen MR) is 72.3 cm³/mol. The molecular formula is C13H27ClN2. The minimum absolute atomic E-state index is 0. The average molecular weight is 247 g/mol. The third kappa shape index (κ3) is 4.23. The summed E-state index contributed by atoms with van der Waals surface area (Å²) in [6.45, 7) is 11.1. The van der Waals surface area contributed by atoms with Crippen LogP contribution in [0.3, 0.4) is 0 Å². The molecule has 16 heavy (non-hydrogen) atoms. The van der Waals surface area contributed by atoms with Gasteiger partial charge < -0.3 is 10.2 Å². The Hall–Kier alpha value is 0.210. The number of nitrogens with zero attached hydrogens (tertiary/aromatic N) is 1. The van der Waals surface area contributed by atoms with Gasteiger partial charge in [0.2, 0.25) is 0 Å². The molecule has 0 bridgehead atoms. The number of piperazine rings is 1. The smallest absolute Gasteiger partial charge is 0.0107 e. The number of nitrogens with one attached hydrogen (secondary N) is 1. The highest BCUT2D eigenvalue weighted by Crippen LogP contribution is 2.38. The lowest BCUT2D eigenvalue weighted by atomic mass is 9.73. The normalized spacial score (nSPS) is 27.4. The zero-order valence-corrected chi connectivity index (χ0v) is 11.6. The SMILES string of the molecule is CC1(C)CCC(CN2CCNCC2)CC1.Cl. The third-order valence-electron chi connectivity index (χ3n) is 4.18. The third-order valence-corrected chi connectivity index (χ3v) is 4.18.